The fraction of sp³-hybridized carbons (Fsp3) is 0.773. The first-order chi connectivity index (χ1) is 13.6. The van der Waals surface area contributed by atoms with Crippen molar-refractivity contribution in [1.29, 1.82) is 0 Å². The molecule has 1 aliphatic heterocycles. The van der Waals surface area contributed by atoms with Crippen molar-refractivity contribution in [1.82, 2.24) is 5.32 Å². The van der Waals surface area contributed by atoms with E-state index in [0.29, 0.717) is 5.57 Å². The van der Waals surface area contributed by atoms with E-state index in [1.165, 1.54) is 6.92 Å². The number of carbonyl (C=O) groups is 3. The third-order valence-electron chi connectivity index (χ3n) is 6.50. The number of hydrogen-bond donors (Lipinski definition) is 2. The van der Waals surface area contributed by atoms with E-state index in [1.54, 1.807) is 26.8 Å². The van der Waals surface area contributed by atoms with Gasteiger partial charge in [0.2, 0.25) is 5.91 Å². The SMILES string of the molecule is CCC(=O)N[C@H](/C=C(\C)CO)[C@]1(C)C(=O)OC[C@@H](O[Si](C)(C)C(C)(C)C)[C@@H](C)C1=O. The highest BCUT2D eigenvalue weighted by Crippen LogP contribution is 2.40. The van der Waals surface area contributed by atoms with Crippen LogP contribution in [0.5, 0.6) is 0 Å². The second kappa shape index (κ2) is 9.74. The van der Waals surface area contributed by atoms with Crippen LogP contribution in [0.4, 0.5) is 0 Å². The second-order valence-corrected chi connectivity index (χ2v) is 14.7. The van der Waals surface area contributed by atoms with Gasteiger partial charge < -0.3 is 19.6 Å². The average Bonchev–Trinajstić information content (AvgIpc) is 2.73. The van der Waals surface area contributed by atoms with Gasteiger partial charge in [-0.2, -0.15) is 0 Å². The minimum Gasteiger partial charge on any atom is -0.462 e. The maximum atomic E-state index is 13.6. The molecule has 1 amide bonds. The Morgan fingerprint density at radius 1 is 1.40 bits per heavy atom. The molecule has 0 aromatic rings. The smallest absolute Gasteiger partial charge is 0.321 e. The Kier molecular flexibility index (Phi) is 8.61. The molecule has 2 N–H and O–H groups in total. The summed E-state index contributed by atoms with van der Waals surface area (Å²) in [6, 6.07) is -0.925. The molecule has 0 radical (unpaired) electrons. The number of ether oxygens (including phenoxy) is 1. The largest absolute Gasteiger partial charge is 0.462 e. The van der Waals surface area contributed by atoms with Crippen molar-refractivity contribution in [2.75, 3.05) is 13.2 Å². The van der Waals surface area contributed by atoms with E-state index < -0.39 is 37.8 Å². The van der Waals surface area contributed by atoms with Gasteiger partial charge in [-0.1, -0.05) is 46.3 Å². The molecule has 172 valence electrons. The Bertz CT molecular complexity index is 696. The number of rotatable bonds is 7. The standard InChI is InChI=1S/C22H39NO6Si/c1-10-18(25)23-17(11-14(2)12-24)22(7)19(26)15(3)16(13-28-20(22)27)29-30(8,9)21(4,5)6/h11,15-17,24H,10,12-13H2,1-9H3,(H,23,25)/b14-11+/t15-,16-,17-,22+/m1/s1. The van der Waals surface area contributed by atoms with Gasteiger partial charge in [0.25, 0.3) is 0 Å². The third kappa shape index (κ3) is 5.59. The topological polar surface area (TPSA) is 102 Å². The van der Waals surface area contributed by atoms with Crippen LogP contribution in [0.1, 0.15) is 54.9 Å². The number of cyclic esters (lactones) is 1. The molecule has 0 aliphatic carbocycles. The van der Waals surface area contributed by atoms with E-state index in [0.717, 1.165) is 0 Å². The summed E-state index contributed by atoms with van der Waals surface area (Å²) in [5.41, 5.74) is -1.07. The molecule has 0 saturated carbocycles. The Hall–Kier alpha value is -1.51. The molecular weight excluding hydrogens is 402 g/mol. The Labute approximate surface area is 181 Å². The minimum absolute atomic E-state index is 0.00895. The van der Waals surface area contributed by atoms with Crippen LogP contribution in [0.2, 0.25) is 18.1 Å². The Balaban J connectivity index is 3.37. The van der Waals surface area contributed by atoms with Crippen molar-refractivity contribution in [2.24, 2.45) is 11.3 Å². The molecule has 1 heterocycles. The number of hydrogen-bond acceptors (Lipinski definition) is 6. The van der Waals surface area contributed by atoms with E-state index in [9.17, 15) is 19.5 Å². The van der Waals surface area contributed by atoms with Crippen molar-refractivity contribution in [3.63, 3.8) is 0 Å². The average molecular weight is 442 g/mol. The quantitative estimate of drug-likeness (QED) is 0.273. The zero-order chi connectivity index (χ0) is 23.5. The van der Waals surface area contributed by atoms with E-state index in [1.807, 2.05) is 0 Å². The van der Waals surface area contributed by atoms with Crippen molar-refractivity contribution in [3.05, 3.63) is 11.6 Å². The highest BCUT2D eigenvalue weighted by molar-refractivity contribution is 6.74. The van der Waals surface area contributed by atoms with Gasteiger partial charge >= 0.3 is 5.97 Å². The van der Waals surface area contributed by atoms with Crippen LogP contribution in [-0.2, 0) is 23.5 Å². The van der Waals surface area contributed by atoms with Crippen LogP contribution < -0.4 is 5.32 Å². The number of carbonyl (C=O) groups excluding carboxylic acids is 3. The van der Waals surface area contributed by atoms with Crippen molar-refractivity contribution in [2.45, 2.75) is 85.2 Å². The lowest BCUT2D eigenvalue weighted by atomic mass is 9.73. The van der Waals surface area contributed by atoms with Gasteiger partial charge in [-0.3, -0.25) is 14.4 Å². The number of esters is 1. The lowest BCUT2D eigenvalue weighted by molar-refractivity contribution is -0.159. The van der Waals surface area contributed by atoms with Crippen LogP contribution >= 0.6 is 0 Å². The van der Waals surface area contributed by atoms with E-state index in [4.69, 9.17) is 9.16 Å². The van der Waals surface area contributed by atoms with Crippen molar-refractivity contribution >= 4 is 26.0 Å². The number of nitrogens with one attached hydrogen (secondary N) is 1. The van der Waals surface area contributed by atoms with Gasteiger partial charge in [-0.15, -0.1) is 0 Å². The highest BCUT2D eigenvalue weighted by Gasteiger charge is 2.55. The summed E-state index contributed by atoms with van der Waals surface area (Å²) in [7, 11) is -2.20. The van der Waals surface area contributed by atoms with Crippen LogP contribution in [0, 0.1) is 11.3 Å². The first-order valence-corrected chi connectivity index (χ1v) is 13.5. The van der Waals surface area contributed by atoms with Crippen LogP contribution in [0.15, 0.2) is 11.6 Å². The minimum atomic E-state index is -2.20. The fourth-order valence-corrected chi connectivity index (χ4v) is 4.51. The molecule has 1 rings (SSSR count). The molecule has 8 heteroatoms. The molecule has 1 saturated heterocycles. The summed E-state index contributed by atoms with van der Waals surface area (Å²) in [5, 5.41) is 12.1. The molecule has 0 unspecified atom stereocenters. The van der Waals surface area contributed by atoms with Gasteiger partial charge in [-0.05, 0) is 32.0 Å². The summed E-state index contributed by atoms with van der Waals surface area (Å²) in [6.45, 7) is 16.9. The zero-order valence-electron chi connectivity index (χ0n) is 19.9. The first kappa shape index (κ1) is 26.5. The van der Waals surface area contributed by atoms with Gasteiger partial charge in [-0.25, -0.2) is 0 Å². The summed E-state index contributed by atoms with van der Waals surface area (Å²) < 4.78 is 12.0. The fourth-order valence-electron chi connectivity index (χ4n) is 3.13. The number of amides is 1. The van der Waals surface area contributed by atoms with Gasteiger partial charge in [0.1, 0.15) is 12.0 Å². The molecular formula is C22H39NO6Si. The predicted molar refractivity (Wildman–Crippen MR) is 118 cm³/mol. The Morgan fingerprint density at radius 2 is 1.97 bits per heavy atom. The van der Waals surface area contributed by atoms with E-state index in [2.05, 4.69) is 39.2 Å². The molecule has 0 aromatic heterocycles. The van der Waals surface area contributed by atoms with Gasteiger partial charge in [0.15, 0.2) is 14.1 Å². The number of aliphatic hydroxyl groups is 1. The molecule has 7 nitrogen and oxygen atoms in total. The number of aliphatic hydroxyl groups excluding tert-OH is 1. The summed E-state index contributed by atoms with van der Waals surface area (Å²) in [4.78, 5) is 38.8. The van der Waals surface area contributed by atoms with E-state index in [-0.39, 0.29) is 36.4 Å². The summed E-state index contributed by atoms with van der Waals surface area (Å²) in [6.07, 6.45) is 1.22. The molecule has 0 spiro atoms. The maximum absolute atomic E-state index is 13.6. The van der Waals surface area contributed by atoms with Crippen LogP contribution in [0.25, 0.3) is 0 Å². The zero-order valence-corrected chi connectivity index (χ0v) is 20.9. The van der Waals surface area contributed by atoms with Crippen LogP contribution in [-0.4, -0.2) is 56.4 Å². The van der Waals surface area contributed by atoms with Crippen molar-refractivity contribution < 1.29 is 28.7 Å². The third-order valence-corrected chi connectivity index (χ3v) is 11.0. The van der Waals surface area contributed by atoms with E-state index >= 15 is 0 Å². The highest BCUT2D eigenvalue weighted by atomic mass is 28.4. The van der Waals surface area contributed by atoms with Crippen LogP contribution in [0.3, 0.4) is 0 Å². The van der Waals surface area contributed by atoms with Crippen molar-refractivity contribution in [3.8, 4) is 0 Å². The number of ketones is 1. The molecule has 0 aromatic carbocycles. The normalized spacial score (nSPS) is 27.3. The lowest BCUT2D eigenvalue weighted by Crippen LogP contribution is -2.55. The molecule has 1 aliphatic rings. The predicted octanol–water partition coefficient (Wildman–Crippen LogP) is 2.98. The lowest BCUT2D eigenvalue weighted by Gasteiger charge is -2.40. The molecule has 4 atom stereocenters. The van der Waals surface area contributed by atoms with Gasteiger partial charge in [0, 0.05) is 12.3 Å². The Morgan fingerprint density at radius 3 is 2.43 bits per heavy atom. The molecule has 30 heavy (non-hydrogen) atoms. The second-order valence-electron chi connectivity index (χ2n) is 9.94. The molecule has 1 fully saturated rings. The maximum Gasteiger partial charge on any atom is 0.321 e. The molecule has 0 bridgehead atoms. The monoisotopic (exact) mass is 441 g/mol. The summed E-state index contributed by atoms with van der Waals surface area (Å²) in [5.74, 6) is -1.92. The summed E-state index contributed by atoms with van der Waals surface area (Å²) >= 11 is 0. The number of Topliss-reactive ketones (excluding diaryl/α,β-unsaturated/α-hetero) is 1. The van der Waals surface area contributed by atoms with Gasteiger partial charge in [0.05, 0.1) is 18.8 Å². The first-order valence-electron chi connectivity index (χ1n) is 10.6.